The van der Waals surface area contributed by atoms with E-state index in [0.29, 0.717) is 31.6 Å². The minimum atomic E-state index is -0.213. The lowest BCUT2D eigenvalue weighted by Crippen LogP contribution is -2.48. The number of nitrogens with zero attached hydrogens (tertiary/aromatic N) is 3. The molecule has 6 heteroatoms. The second kappa shape index (κ2) is 7.61. The predicted octanol–water partition coefficient (Wildman–Crippen LogP) is 2.20. The molecule has 2 aromatic carbocycles. The van der Waals surface area contributed by atoms with E-state index >= 15 is 0 Å². The molecule has 0 saturated carbocycles. The molecule has 1 N–H and O–H groups in total. The Morgan fingerprint density at radius 2 is 1.67 bits per heavy atom. The standard InChI is InChI=1S/C21H22N4O2/c26-20(25-14-12-24(13-15-25)16-6-2-1-3-7-16)11-10-19-21(27)23-18-9-5-4-8-17(18)22-19/h1-9H,10-15H2,(H,23,27). The lowest BCUT2D eigenvalue weighted by molar-refractivity contribution is -0.131. The average molecular weight is 362 g/mol. The smallest absolute Gasteiger partial charge is 0.270 e. The maximum absolute atomic E-state index is 12.6. The van der Waals surface area contributed by atoms with Gasteiger partial charge in [-0.2, -0.15) is 0 Å². The number of aryl methyl sites for hydroxylation is 1. The molecule has 1 aromatic heterocycles. The summed E-state index contributed by atoms with van der Waals surface area (Å²) in [6.07, 6.45) is 0.664. The van der Waals surface area contributed by atoms with Gasteiger partial charge in [0.05, 0.1) is 11.0 Å². The topological polar surface area (TPSA) is 69.3 Å². The van der Waals surface area contributed by atoms with E-state index in [2.05, 4.69) is 27.0 Å². The van der Waals surface area contributed by atoms with Gasteiger partial charge in [-0.25, -0.2) is 4.98 Å². The van der Waals surface area contributed by atoms with Crippen LogP contribution in [0.4, 0.5) is 5.69 Å². The van der Waals surface area contributed by atoms with Crippen molar-refractivity contribution >= 4 is 22.6 Å². The van der Waals surface area contributed by atoms with Gasteiger partial charge in [0, 0.05) is 44.7 Å². The molecular weight excluding hydrogens is 340 g/mol. The highest BCUT2D eigenvalue weighted by Gasteiger charge is 2.21. The maximum atomic E-state index is 12.6. The van der Waals surface area contributed by atoms with Crippen LogP contribution < -0.4 is 10.5 Å². The van der Waals surface area contributed by atoms with Gasteiger partial charge in [0.15, 0.2) is 0 Å². The van der Waals surface area contributed by atoms with Crippen molar-refractivity contribution in [2.75, 3.05) is 31.1 Å². The van der Waals surface area contributed by atoms with Gasteiger partial charge in [-0.15, -0.1) is 0 Å². The fraction of sp³-hybridized carbons (Fsp3) is 0.286. The largest absolute Gasteiger partial charge is 0.368 e. The summed E-state index contributed by atoms with van der Waals surface area (Å²) in [7, 11) is 0. The molecule has 3 aromatic rings. The van der Waals surface area contributed by atoms with E-state index < -0.39 is 0 Å². The number of anilines is 1. The van der Waals surface area contributed by atoms with E-state index in [1.165, 1.54) is 5.69 Å². The van der Waals surface area contributed by atoms with Crippen molar-refractivity contribution in [1.82, 2.24) is 14.9 Å². The number of aromatic amines is 1. The molecule has 1 aliphatic heterocycles. The summed E-state index contributed by atoms with van der Waals surface area (Å²) in [5.74, 6) is 0.0806. The van der Waals surface area contributed by atoms with Crippen LogP contribution in [0.1, 0.15) is 12.1 Å². The van der Waals surface area contributed by atoms with E-state index in [4.69, 9.17) is 0 Å². The molecule has 1 saturated heterocycles. The lowest BCUT2D eigenvalue weighted by Gasteiger charge is -2.36. The van der Waals surface area contributed by atoms with Crippen molar-refractivity contribution in [3.8, 4) is 0 Å². The first kappa shape index (κ1) is 17.3. The Labute approximate surface area is 157 Å². The molecule has 1 amide bonds. The van der Waals surface area contributed by atoms with E-state index in [1.807, 2.05) is 47.4 Å². The van der Waals surface area contributed by atoms with Gasteiger partial charge < -0.3 is 14.8 Å². The number of para-hydroxylation sites is 3. The number of hydrogen-bond donors (Lipinski definition) is 1. The molecule has 0 bridgehead atoms. The van der Waals surface area contributed by atoms with Crippen molar-refractivity contribution in [3.63, 3.8) is 0 Å². The molecule has 6 nitrogen and oxygen atoms in total. The van der Waals surface area contributed by atoms with Crippen LogP contribution in [0.25, 0.3) is 11.0 Å². The summed E-state index contributed by atoms with van der Waals surface area (Å²) in [6.45, 7) is 3.06. The highest BCUT2D eigenvalue weighted by molar-refractivity contribution is 5.77. The SMILES string of the molecule is O=C(CCc1nc2ccccc2[nH]c1=O)N1CCN(c2ccccc2)CC1. The molecule has 138 valence electrons. The van der Waals surface area contributed by atoms with Gasteiger partial charge in [0.2, 0.25) is 5.91 Å². The van der Waals surface area contributed by atoms with Gasteiger partial charge in [0.1, 0.15) is 5.69 Å². The Hall–Kier alpha value is -3.15. The Morgan fingerprint density at radius 3 is 2.44 bits per heavy atom. The van der Waals surface area contributed by atoms with Crippen LogP contribution in [0.3, 0.4) is 0 Å². The predicted molar refractivity (Wildman–Crippen MR) is 106 cm³/mol. The minimum Gasteiger partial charge on any atom is -0.368 e. The summed E-state index contributed by atoms with van der Waals surface area (Å²) in [6, 6.07) is 17.7. The first-order valence-electron chi connectivity index (χ1n) is 9.26. The summed E-state index contributed by atoms with van der Waals surface area (Å²) >= 11 is 0. The zero-order valence-electron chi connectivity index (χ0n) is 15.1. The summed E-state index contributed by atoms with van der Waals surface area (Å²) in [5.41, 5.74) is 2.86. The zero-order valence-corrected chi connectivity index (χ0v) is 15.1. The number of H-pyrrole nitrogens is 1. The first-order chi connectivity index (χ1) is 13.2. The Balaban J connectivity index is 1.35. The molecule has 1 aliphatic rings. The number of fused-ring (bicyclic) bond motifs is 1. The second-order valence-electron chi connectivity index (χ2n) is 6.73. The quantitative estimate of drug-likeness (QED) is 0.773. The molecule has 27 heavy (non-hydrogen) atoms. The number of hydrogen-bond acceptors (Lipinski definition) is 4. The van der Waals surface area contributed by atoms with E-state index in [-0.39, 0.29) is 11.5 Å². The monoisotopic (exact) mass is 362 g/mol. The normalized spacial score (nSPS) is 14.5. The number of rotatable bonds is 4. The van der Waals surface area contributed by atoms with Gasteiger partial charge in [-0.1, -0.05) is 30.3 Å². The molecule has 0 atom stereocenters. The molecule has 2 heterocycles. The van der Waals surface area contributed by atoms with Crippen molar-refractivity contribution < 1.29 is 4.79 Å². The number of carbonyl (C=O) groups is 1. The third-order valence-electron chi connectivity index (χ3n) is 5.00. The van der Waals surface area contributed by atoms with Crippen LogP contribution in [-0.2, 0) is 11.2 Å². The number of piperazine rings is 1. The third-order valence-corrected chi connectivity index (χ3v) is 5.00. The third kappa shape index (κ3) is 3.84. The van der Waals surface area contributed by atoms with Gasteiger partial charge in [0.25, 0.3) is 5.56 Å². The van der Waals surface area contributed by atoms with Crippen LogP contribution in [-0.4, -0.2) is 47.0 Å². The van der Waals surface area contributed by atoms with Crippen LogP contribution in [0, 0.1) is 0 Å². The molecule has 0 spiro atoms. The zero-order chi connectivity index (χ0) is 18.6. The number of nitrogens with one attached hydrogen (secondary N) is 1. The summed E-state index contributed by atoms with van der Waals surface area (Å²) in [5, 5.41) is 0. The van der Waals surface area contributed by atoms with Crippen molar-refractivity contribution in [2.45, 2.75) is 12.8 Å². The van der Waals surface area contributed by atoms with E-state index in [9.17, 15) is 9.59 Å². The lowest BCUT2D eigenvalue weighted by atomic mass is 10.2. The summed E-state index contributed by atoms with van der Waals surface area (Å²) in [4.78, 5) is 36.2. The fourth-order valence-electron chi connectivity index (χ4n) is 3.47. The highest BCUT2D eigenvalue weighted by atomic mass is 16.2. The van der Waals surface area contributed by atoms with Crippen molar-refractivity contribution in [2.24, 2.45) is 0 Å². The summed E-state index contributed by atoms with van der Waals surface area (Å²) < 4.78 is 0. The van der Waals surface area contributed by atoms with Crippen LogP contribution in [0.5, 0.6) is 0 Å². The highest BCUT2D eigenvalue weighted by Crippen LogP contribution is 2.16. The van der Waals surface area contributed by atoms with Crippen molar-refractivity contribution in [3.05, 3.63) is 70.6 Å². The number of carbonyl (C=O) groups excluding carboxylic acids is 1. The van der Waals surface area contributed by atoms with Gasteiger partial charge >= 0.3 is 0 Å². The maximum Gasteiger partial charge on any atom is 0.270 e. The Bertz CT molecular complexity index is 992. The molecule has 1 fully saturated rings. The second-order valence-corrected chi connectivity index (χ2v) is 6.73. The van der Waals surface area contributed by atoms with E-state index in [1.54, 1.807) is 0 Å². The Kier molecular flexibility index (Phi) is 4.87. The minimum absolute atomic E-state index is 0.0806. The average Bonchev–Trinajstić information content (AvgIpc) is 2.73. The van der Waals surface area contributed by atoms with E-state index in [0.717, 1.165) is 24.1 Å². The molecule has 0 radical (unpaired) electrons. The molecule has 0 aliphatic carbocycles. The Morgan fingerprint density at radius 1 is 0.963 bits per heavy atom. The number of amides is 1. The van der Waals surface area contributed by atoms with Crippen molar-refractivity contribution in [1.29, 1.82) is 0 Å². The fourth-order valence-corrected chi connectivity index (χ4v) is 3.47. The first-order valence-corrected chi connectivity index (χ1v) is 9.26. The molecule has 4 rings (SSSR count). The molecule has 0 unspecified atom stereocenters. The van der Waals surface area contributed by atoms with Gasteiger partial charge in [-0.3, -0.25) is 9.59 Å². The molecular formula is C21H22N4O2. The van der Waals surface area contributed by atoms with Crippen LogP contribution in [0.2, 0.25) is 0 Å². The van der Waals surface area contributed by atoms with Crippen LogP contribution >= 0.6 is 0 Å². The van der Waals surface area contributed by atoms with Crippen LogP contribution in [0.15, 0.2) is 59.4 Å². The number of aromatic nitrogens is 2. The van der Waals surface area contributed by atoms with Gasteiger partial charge in [-0.05, 0) is 24.3 Å². The number of benzene rings is 2.